The van der Waals surface area contributed by atoms with E-state index in [9.17, 15) is 9.59 Å². The van der Waals surface area contributed by atoms with Crippen LogP contribution in [0.25, 0.3) is 64.6 Å². The molecular weight excluding hydrogens is 1380 g/mol. The van der Waals surface area contributed by atoms with Gasteiger partial charge >= 0.3 is 12.2 Å². The predicted octanol–water partition coefficient (Wildman–Crippen LogP) is 22.4. The number of carbonyl (C=O) groups excluding carboxylic acids is 2. The van der Waals surface area contributed by atoms with Gasteiger partial charge in [0.2, 0.25) is 20.0 Å². The molecule has 8 aromatic carbocycles. The molecule has 2 amide bonds. The number of nitrogens with one attached hydrogen (secondary N) is 2. The SMILES string of the molecule is CC(C)CCC[C@@H](C)[C@H]1CC[C@H]2[C@@H]3CC=C4CC(OC(=O)NCCN(CCN(CCNC(=O)OC5CC[C@@]6(C)C(=CC[C@H]7[C@@H]8CC[C@H]([C@H](C)CCCC(C)C)[C@@]8(C)CC[C@@H]76)C5)S(=O)(=O)c5ccc6ccc7cccc8ccc5c6c78)S(=O)(=O)c5ccc6ccc7cccc8ccc5c6c78)CC[C@]4(C)[C@H]3CC[C@]12C. The smallest absolute Gasteiger partial charge is 0.407 e. The lowest BCUT2D eigenvalue weighted by Gasteiger charge is -2.58. The zero-order valence-electron chi connectivity index (χ0n) is 66.4. The van der Waals surface area contributed by atoms with Crippen molar-refractivity contribution in [2.45, 2.75) is 232 Å². The molecule has 0 bridgehead atoms. The molecule has 6 fully saturated rings. The maximum Gasteiger partial charge on any atom is 0.407 e. The number of rotatable bonds is 25. The summed E-state index contributed by atoms with van der Waals surface area (Å²) < 4.78 is 79.1. The largest absolute Gasteiger partial charge is 0.446 e. The van der Waals surface area contributed by atoms with Crippen molar-refractivity contribution in [1.29, 1.82) is 0 Å². The molecular formula is C94H122N4O8S2. The maximum atomic E-state index is 16.0. The van der Waals surface area contributed by atoms with E-state index in [-0.39, 0.29) is 72.1 Å². The third kappa shape index (κ3) is 13.4. The van der Waals surface area contributed by atoms with Crippen LogP contribution < -0.4 is 10.6 Å². The summed E-state index contributed by atoms with van der Waals surface area (Å²) in [5, 5.41) is 16.5. The Morgan fingerprint density at radius 3 is 1.19 bits per heavy atom. The minimum atomic E-state index is -4.45. The van der Waals surface area contributed by atoms with Crippen molar-refractivity contribution in [3.8, 4) is 0 Å². The van der Waals surface area contributed by atoms with E-state index in [1.165, 1.54) is 110 Å². The minimum absolute atomic E-state index is 0.0708. The van der Waals surface area contributed by atoms with Crippen LogP contribution in [0.4, 0.5) is 9.59 Å². The van der Waals surface area contributed by atoms with E-state index in [2.05, 4.69) is 104 Å². The first-order chi connectivity index (χ1) is 51.8. The fourth-order valence-corrected chi connectivity index (χ4v) is 28.8. The molecule has 2 N–H and O–H groups in total. The first kappa shape index (κ1) is 75.7. The highest BCUT2D eigenvalue weighted by atomic mass is 32.2. The lowest BCUT2D eigenvalue weighted by atomic mass is 9.47. The van der Waals surface area contributed by atoms with Crippen LogP contribution in [0.15, 0.2) is 142 Å². The fraction of sp³-hybridized carbons (Fsp3) is 0.596. The van der Waals surface area contributed by atoms with Gasteiger partial charge in [-0.1, -0.05) is 228 Å². The first-order valence-electron chi connectivity index (χ1n) is 42.4. The highest BCUT2D eigenvalue weighted by Gasteiger charge is 2.61. The number of amides is 2. The number of hydrogen-bond acceptors (Lipinski definition) is 8. The summed E-state index contributed by atoms with van der Waals surface area (Å²) in [7, 11) is -8.90. The molecule has 8 aliphatic rings. The Bertz CT molecular complexity index is 4630. The average Bonchev–Trinajstić information content (AvgIpc) is 1.41. The van der Waals surface area contributed by atoms with Gasteiger partial charge in [-0.25, -0.2) is 26.4 Å². The van der Waals surface area contributed by atoms with Gasteiger partial charge in [0.05, 0.1) is 9.79 Å². The van der Waals surface area contributed by atoms with E-state index in [0.29, 0.717) is 58.1 Å². The molecule has 108 heavy (non-hydrogen) atoms. The summed E-state index contributed by atoms with van der Waals surface area (Å²) in [4.78, 5) is 28.7. The third-order valence-corrected chi connectivity index (χ3v) is 35.1. The predicted molar refractivity (Wildman–Crippen MR) is 440 cm³/mol. The molecule has 6 saturated carbocycles. The summed E-state index contributed by atoms with van der Waals surface area (Å²) in [5.74, 6) is 8.74. The summed E-state index contributed by atoms with van der Waals surface area (Å²) >= 11 is 0. The molecule has 16 rings (SSSR count). The summed E-state index contributed by atoms with van der Waals surface area (Å²) in [6.07, 6.45) is 28.8. The van der Waals surface area contributed by atoms with Crippen molar-refractivity contribution in [2.75, 3.05) is 39.3 Å². The fourth-order valence-electron chi connectivity index (χ4n) is 25.5. The molecule has 14 heteroatoms. The number of nitrogens with zero attached hydrogens (tertiary/aromatic N) is 2. The van der Waals surface area contributed by atoms with Gasteiger partial charge in [-0.05, 0) is 249 Å². The summed E-state index contributed by atoms with van der Waals surface area (Å²) in [5.41, 5.74) is 3.80. The van der Waals surface area contributed by atoms with E-state index in [1.807, 2.05) is 84.9 Å². The van der Waals surface area contributed by atoms with Crippen LogP contribution in [-0.2, 0) is 29.5 Å². The van der Waals surface area contributed by atoms with Gasteiger partial charge in [0.1, 0.15) is 12.2 Å². The molecule has 0 aromatic heterocycles. The van der Waals surface area contributed by atoms with Crippen molar-refractivity contribution in [3.05, 3.63) is 132 Å². The molecule has 0 saturated heterocycles. The Hall–Kier alpha value is -6.32. The van der Waals surface area contributed by atoms with Gasteiger partial charge in [0.15, 0.2) is 0 Å². The normalized spacial score (nSPS) is 30.5. The van der Waals surface area contributed by atoms with Crippen molar-refractivity contribution in [2.24, 2.45) is 92.7 Å². The zero-order valence-corrected chi connectivity index (χ0v) is 68.0. The molecule has 0 aliphatic heterocycles. The van der Waals surface area contributed by atoms with Crippen LogP contribution in [-0.4, -0.2) is 89.1 Å². The number of ether oxygens (including phenoxy) is 2. The van der Waals surface area contributed by atoms with Crippen LogP contribution >= 0.6 is 0 Å². The number of carbonyl (C=O) groups is 2. The monoisotopic (exact) mass is 1500 g/mol. The third-order valence-electron chi connectivity index (χ3n) is 31.1. The highest BCUT2D eigenvalue weighted by Crippen LogP contribution is 2.70. The molecule has 8 aliphatic carbocycles. The van der Waals surface area contributed by atoms with E-state index >= 15 is 16.8 Å². The number of alkyl carbamates (subject to hydrolysis) is 2. The van der Waals surface area contributed by atoms with Gasteiger partial charge in [-0.2, -0.15) is 8.61 Å². The van der Waals surface area contributed by atoms with E-state index in [1.54, 1.807) is 12.1 Å². The Morgan fingerprint density at radius 2 is 0.806 bits per heavy atom. The molecule has 0 radical (unpaired) electrons. The van der Waals surface area contributed by atoms with Crippen LogP contribution in [0.3, 0.4) is 0 Å². The van der Waals surface area contributed by atoms with Crippen LogP contribution in [0, 0.1) is 92.7 Å². The lowest BCUT2D eigenvalue weighted by molar-refractivity contribution is -0.0581. The van der Waals surface area contributed by atoms with Crippen LogP contribution in [0.1, 0.15) is 210 Å². The molecule has 8 aromatic rings. The Morgan fingerprint density at radius 1 is 0.435 bits per heavy atom. The second-order valence-corrected chi connectivity index (χ2v) is 41.4. The van der Waals surface area contributed by atoms with E-state index in [0.717, 1.165) is 140 Å². The minimum Gasteiger partial charge on any atom is -0.446 e. The molecule has 0 spiro atoms. The molecule has 2 unspecified atom stereocenters. The van der Waals surface area contributed by atoms with Crippen molar-refractivity contribution in [1.82, 2.24) is 19.2 Å². The van der Waals surface area contributed by atoms with E-state index in [4.69, 9.17) is 9.47 Å². The Kier molecular flexibility index (Phi) is 20.8. The van der Waals surface area contributed by atoms with Crippen LogP contribution in [0.5, 0.6) is 0 Å². The number of sulfonamides is 2. The van der Waals surface area contributed by atoms with Gasteiger partial charge < -0.3 is 20.1 Å². The summed E-state index contributed by atoms with van der Waals surface area (Å²) in [6, 6.07) is 35.1. The average molecular weight is 1500 g/mol. The molecule has 578 valence electrons. The van der Waals surface area contributed by atoms with E-state index < -0.39 is 32.2 Å². The number of allylic oxidation sites excluding steroid dienone is 2. The number of hydrogen-bond donors (Lipinski definition) is 2. The Labute approximate surface area is 644 Å². The number of fused-ring (bicyclic) bond motifs is 10. The molecule has 16 atom stereocenters. The Balaban J connectivity index is 0.631. The van der Waals surface area contributed by atoms with Gasteiger partial charge in [0.25, 0.3) is 0 Å². The molecule has 12 nitrogen and oxygen atoms in total. The maximum absolute atomic E-state index is 16.0. The second kappa shape index (κ2) is 29.7. The van der Waals surface area contributed by atoms with Crippen LogP contribution in [0.2, 0.25) is 0 Å². The van der Waals surface area contributed by atoms with Gasteiger partial charge in [-0.15, -0.1) is 0 Å². The standard InChI is InChI=1S/C94H122N4O8S2/c1-59(2)15-11-17-61(5)77-37-39-79-73-35-31-69-57-71(43-47-91(69,7)81(73)45-49-93(77,79)9)105-89(99)95-51-53-97(107(101,102)83-41-29-67-25-23-63-19-13-21-65-27-33-75(83)87(67)85(63)65)55-56-98(108(103,104)84-42-30-68-26-24-64-20-14-22-66-28-34-76(84)88(68)86(64)66)54-52-96-90(100)106-72-44-48-92(8)70(58-72)32-36-74-80-40-38-78(62(6)18-12-16-60(3)4)94(80,10)50-46-82(74)92/h13-14,19-34,41-42,59-62,71-74,77-82H,11-12,15-18,35-40,43-58H2,1-10H3,(H,95,99)(H,96,100)/t61-,62-,71?,72?,73+,74+,77-,78-,79+,80+,81+,82+,91+,92+,93-,94-/m1/s1. The topological polar surface area (TPSA) is 151 Å². The highest BCUT2D eigenvalue weighted by molar-refractivity contribution is 7.89. The first-order valence-corrected chi connectivity index (χ1v) is 45.3. The second-order valence-electron chi connectivity index (χ2n) is 37.6. The van der Waals surface area contributed by atoms with Crippen molar-refractivity contribution in [3.63, 3.8) is 0 Å². The van der Waals surface area contributed by atoms with Crippen molar-refractivity contribution < 1.29 is 35.9 Å². The zero-order chi connectivity index (χ0) is 75.4. The quantitative estimate of drug-likeness (QED) is 0.0424. The van der Waals surface area contributed by atoms with Crippen molar-refractivity contribution >= 4 is 96.9 Å². The van der Waals surface area contributed by atoms with Gasteiger partial charge in [0, 0.05) is 62.9 Å². The lowest BCUT2D eigenvalue weighted by Crippen LogP contribution is -2.51. The molecule has 0 heterocycles. The number of benzene rings is 8. The van der Waals surface area contributed by atoms with Gasteiger partial charge in [-0.3, -0.25) is 0 Å². The summed E-state index contributed by atoms with van der Waals surface area (Å²) in [6.45, 7) is 23.7.